The van der Waals surface area contributed by atoms with Crippen molar-refractivity contribution < 1.29 is 101 Å². The number of allylic oxidation sites excluding steroid dienone is 4. The lowest BCUT2D eigenvalue weighted by Gasteiger charge is -2.44. The molecule has 79 heavy (non-hydrogen) atoms. The minimum atomic E-state index is -5.91. The maximum Gasteiger partial charge on any atom is 0.490 e. The highest BCUT2D eigenvalue weighted by Crippen LogP contribution is 2.66. The van der Waals surface area contributed by atoms with Crippen molar-refractivity contribution in [3.8, 4) is 0 Å². The van der Waals surface area contributed by atoms with Crippen LogP contribution < -0.4 is 21.3 Å². The van der Waals surface area contributed by atoms with Crippen molar-refractivity contribution in [2.24, 2.45) is 5.92 Å². The number of nitrogens with one attached hydrogen (secondary N) is 2. The topological polar surface area (TPSA) is 444 Å². The van der Waals surface area contributed by atoms with Crippen molar-refractivity contribution in [1.29, 1.82) is 0 Å². The molecule has 2 aromatic carbocycles. The predicted octanol–water partition coefficient (Wildman–Crippen LogP) is 2.88. The Morgan fingerprint density at radius 1 is 0.924 bits per heavy atom. The number of nitrogens with zero attached hydrogens (tertiary/aromatic N) is 6. The number of unbranched alkanes of at least 4 members (excludes halogenated alkanes) is 2. The fraction of sp³-hybridized carbons (Fsp3) is 0.455. The van der Waals surface area contributed by atoms with Crippen molar-refractivity contribution >= 4 is 89.8 Å². The number of imidazole rings is 1. The third kappa shape index (κ3) is 12.2. The van der Waals surface area contributed by atoms with Crippen LogP contribution >= 0.6 is 23.5 Å². The van der Waals surface area contributed by atoms with Gasteiger partial charge in [-0.1, -0.05) is 13.0 Å². The van der Waals surface area contributed by atoms with E-state index < -0.39 is 97.7 Å². The van der Waals surface area contributed by atoms with E-state index in [1.54, 1.807) is 12.1 Å². The molecular formula is C44H56N9O21P3S2. The molecule has 4 aliphatic rings. The number of benzene rings is 2. The maximum absolute atomic E-state index is 13.1. The zero-order chi connectivity index (χ0) is 57.8. The van der Waals surface area contributed by atoms with E-state index in [1.807, 2.05) is 45.9 Å². The molecule has 0 saturated carbocycles. The van der Waals surface area contributed by atoms with E-state index in [0.717, 1.165) is 29.8 Å². The number of hydrogen-bond acceptors (Lipinski definition) is 21. The molecule has 0 spiro atoms. The van der Waals surface area contributed by atoms with Gasteiger partial charge in [-0.25, -0.2) is 41.9 Å². The number of carbonyl (C=O) groups excluding carboxylic acids is 2. The summed E-state index contributed by atoms with van der Waals surface area (Å²) in [5, 5.41) is 16.4. The Morgan fingerprint density at radius 2 is 1.62 bits per heavy atom. The number of nitrogen functional groups attached to an aromatic ring is 1. The minimum absolute atomic E-state index is 0.0395. The molecule has 10 N–H and O–H groups in total. The van der Waals surface area contributed by atoms with Crippen molar-refractivity contribution in [3.05, 3.63) is 84.1 Å². The molecule has 0 radical (unpaired) electrons. The van der Waals surface area contributed by atoms with E-state index in [-0.39, 0.29) is 52.2 Å². The molecule has 5 unspecified atom stereocenters. The van der Waals surface area contributed by atoms with Gasteiger partial charge >= 0.3 is 29.6 Å². The number of aliphatic hydroxyl groups excluding tert-OH is 1. The normalized spacial score (nSPS) is 26.4. The Morgan fingerprint density at radius 3 is 2.30 bits per heavy atom. The lowest BCUT2D eigenvalue weighted by atomic mass is 9.57. The van der Waals surface area contributed by atoms with Crippen LogP contribution in [0.1, 0.15) is 70.7 Å². The van der Waals surface area contributed by atoms with Gasteiger partial charge in [0.2, 0.25) is 11.6 Å². The van der Waals surface area contributed by atoms with Gasteiger partial charge in [-0.3, -0.25) is 18.4 Å². The summed E-state index contributed by atoms with van der Waals surface area (Å²) in [6.07, 6.45) is 1.73. The van der Waals surface area contributed by atoms with Gasteiger partial charge in [-0.2, -0.15) is 21.6 Å². The van der Waals surface area contributed by atoms with Crippen LogP contribution in [0, 0.1) is 5.92 Å². The van der Waals surface area contributed by atoms with Crippen LogP contribution in [-0.2, 0) is 72.2 Å². The number of phosphoric ester groups is 1. The first-order chi connectivity index (χ1) is 36.8. The van der Waals surface area contributed by atoms with Gasteiger partial charge in [0.25, 0.3) is 10.1 Å². The van der Waals surface area contributed by atoms with E-state index in [1.165, 1.54) is 28.8 Å². The molecule has 3 aliphatic heterocycles. The summed E-state index contributed by atoms with van der Waals surface area (Å²) in [5.74, 6) is -0.849. The number of nitrogens with two attached hydrogens (primary N) is 1. The zero-order valence-electron chi connectivity index (χ0n) is 42.3. The number of phosphoric acid groups is 3. The number of hydrogen-bond donors (Lipinski definition) is 9. The van der Waals surface area contributed by atoms with E-state index >= 15 is 0 Å². The molecule has 1 saturated heterocycles. The van der Waals surface area contributed by atoms with E-state index in [0.29, 0.717) is 49.2 Å². The minimum Gasteiger partial charge on any atom is -0.744 e. The van der Waals surface area contributed by atoms with Crippen molar-refractivity contribution in [3.63, 3.8) is 0 Å². The van der Waals surface area contributed by atoms with Crippen LogP contribution in [0.15, 0.2) is 82.8 Å². The van der Waals surface area contributed by atoms with Crippen molar-refractivity contribution in [2.45, 2.75) is 98.5 Å². The summed E-state index contributed by atoms with van der Waals surface area (Å²) < 4.78 is 134. The van der Waals surface area contributed by atoms with Crippen molar-refractivity contribution in [1.82, 2.24) is 30.2 Å². The highest BCUT2D eigenvalue weighted by molar-refractivity contribution is 7.86. The summed E-state index contributed by atoms with van der Waals surface area (Å²) in [6.45, 7) is 7.39. The fourth-order valence-corrected chi connectivity index (χ4v) is 14.7. The molecule has 430 valence electrons. The molecular weight excluding hydrogens is 1150 g/mol. The average molecular weight is 1200 g/mol. The number of aromatic nitrogens is 4. The lowest BCUT2D eigenvalue weighted by molar-refractivity contribution is -0.438. The molecule has 0 bridgehead atoms. The van der Waals surface area contributed by atoms with Crippen molar-refractivity contribution in [2.75, 3.05) is 43.4 Å². The largest absolute Gasteiger partial charge is 0.744 e. The van der Waals surface area contributed by atoms with Crippen LogP contribution in [-0.4, -0.2) is 144 Å². The first-order valence-electron chi connectivity index (χ1n) is 24.1. The Labute approximate surface area is 451 Å². The standard InChI is InChI=1S/C44H56N9O21P3S2/c1-5-51-30-15-13-26(78(64,65)66)20-28(30)43(3)25(2)44(4)29-21-27(79(67,68)69)14-16-31(29)52(34(44)11-9-10-33(43)51)19-8-6-7-12-35(54)46-17-18-47-42(56)72-38-32(22-70-76(60,61)74-77(62,63)73-75(57,58)59)71-41(37(38)55)53-24-50-36-39(45)48-23-49-40(36)53/h9-11,13-16,20-21,23-25,32,37-38,41,55H,5-8,12,17-19,22H2,1-4H3,(H9-,45,46,47,48,49,54,56,57,58,59,60,61,62,63,64,65,66,67,68,69)/t25?,32-,37-,38-,41-,43?,44?/m1/s1. The monoisotopic (exact) mass is 1200 g/mol. The van der Waals surface area contributed by atoms with E-state index in [2.05, 4.69) is 43.7 Å². The molecule has 1 fully saturated rings. The summed E-state index contributed by atoms with van der Waals surface area (Å²) in [7, 11) is -26.8. The van der Waals surface area contributed by atoms with Crippen LogP contribution in [0.25, 0.3) is 11.2 Å². The molecule has 35 heteroatoms. The van der Waals surface area contributed by atoms with Gasteiger partial charge in [0.15, 0.2) is 29.5 Å². The van der Waals surface area contributed by atoms with Crippen LogP contribution in [0.2, 0.25) is 0 Å². The van der Waals surface area contributed by atoms with Gasteiger partial charge in [-0.05, 0) is 81.5 Å². The maximum atomic E-state index is 13.1. The summed E-state index contributed by atoms with van der Waals surface area (Å²) in [4.78, 5) is 76.7. The molecule has 30 nitrogen and oxygen atoms in total. The third-order valence-electron chi connectivity index (χ3n) is 14.5. The number of ether oxygens (including phenoxy) is 2. The molecule has 8 rings (SSSR count). The number of anilines is 2. The second kappa shape index (κ2) is 22.2. The molecule has 9 atom stereocenters. The van der Waals surface area contributed by atoms with Crippen LogP contribution in [0.4, 0.5) is 22.0 Å². The van der Waals surface area contributed by atoms with Crippen LogP contribution in [0.3, 0.4) is 0 Å². The number of carbonyl (C=O) groups is 2. The number of amides is 2. The van der Waals surface area contributed by atoms with Gasteiger partial charge in [0.1, 0.15) is 40.7 Å². The smallest absolute Gasteiger partial charge is 0.490 e. The SMILES string of the molecule is CCN1/C2=C/C=C/C3=[N+](CCCCCC(=O)NCCNC(=O)O[C@H]4[C@@H](O)[C@H](n5cnc6c(N)ncnc65)O[C@@H]4COP(=O)(O)OP(=O)(O)OP(=O)(O)O)c4ccc(S(=O)(=O)O)cc4C3(C)C(C)C2(C)c2cc(S(=O)(=O)[O-])ccc21. The molecule has 1 aliphatic carbocycles. The highest BCUT2D eigenvalue weighted by atomic mass is 32.2. The van der Waals surface area contributed by atoms with Gasteiger partial charge in [0.05, 0.1) is 28.1 Å². The number of aliphatic hydroxyl groups is 1. The number of fused-ring (bicyclic) bond motifs is 7. The lowest BCUT2D eigenvalue weighted by Crippen LogP contribution is -2.49. The number of rotatable bonds is 21. The summed E-state index contributed by atoms with van der Waals surface area (Å²) >= 11 is 0. The van der Waals surface area contributed by atoms with Gasteiger partial charge in [0, 0.05) is 67.0 Å². The molecule has 2 aromatic heterocycles. The van der Waals surface area contributed by atoms with E-state index in [9.17, 15) is 64.1 Å². The van der Waals surface area contributed by atoms with Gasteiger partial charge < -0.3 is 60.0 Å². The molecule has 5 heterocycles. The zero-order valence-corrected chi connectivity index (χ0v) is 46.6. The summed E-state index contributed by atoms with van der Waals surface area (Å²) in [5.41, 5.74) is 8.37. The number of likely N-dealkylation sites (N-methyl/N-ethyl adjacent to an activating group) is 1. The first kappa shape index (κ1) is 59.7. The quantitative estimate of drug-likeness (QED) is 0.0251. The fourth-order valence-electron chi connectivity index (χ4n) is 10.7. The summed E-state index contributed by atoms with van der Waals surface area (Å²) in [6, 6.07) is 8.74. The molecule has 2 amide bonds. The number of alkyl carbamates (subject to hydrolysis) is 1. The predicted molar refractivity (Wildman–Crippen MR) is 274 cm³/mol. The first-order valence-corrected chi connectivity index (χ1v) is 31.5. The third-order valence-corrected chi connectivity index (χ3v) is 19.9. The van der Waals surface area contributed by atoms with E-state index in [4.69, 9.17) is 29.5 Å². The highest BCUT2D eigenvalue weighted by Gasteiger charge is 2.61. The van der Waals surface area contributed by atoms with Gasteiger partial charge in [-0.15, -0.1) is 0 Å². The Hall–Kier alpha value is -5.37. The molecule has 4 aromatic rings. The van der Waals surface area contributed by atoms with Crippen LogP contribution in [0.5, 0.6) is 0 Å². The second-order valence-electron chi connectivity index (χ2n) is 19.1. The Kier molecular flexibility index (Phi) is 16.8. The Bertz CT molecular complexity index is 3580. The average Bonchev–Trinajstić information content (AvgIpc) is 4.08. The Balaban J connectivity index is 0.891. The second-order valence-corrected chi connectivity index (χ2v) is 26.3.